The van der Waals surface area contributed by atoms with Gasteiger partial charge in [-0.15, -0.1) is 0 Å². The van der Waals surface area contributed by atoms with Crippen molar-refractivity contribution in [2.24, 2.45) is 5.92 Å². The Morgan fingerprint density at radius 3 is 1.59 bits per heavy atom. The molecular formula is C54H72Cl2N6O5S. The van der Waals surface area contributed by atoms with E-state index < -0.39 is 28.3 Å². The van der Waals surface area contributed by atoms with Gasteiger partial charge >= 0.3 is 0 Å². The summed E-state index contributed by atoms with van der Waals surface area (Å²) in [5.41, 5.74) is 2.93. The molecule has 4 aromatic rings. The molecule has 0 radical (unpaired) electrons. The second kappa shape index (κ2) is 23.4. The van der Waals surface area contributed by atoms with Crippen LogP contribution in [0.1, 0.15) is 107 Å². The summed E-state index contributed by atoms with van der Waals surface area (Å²) < 4.78 is 26.6. The summed E-state index contributed by atoms with van der Waals surface area (Å²) in [5, 5.41) is 11.4. The van der Waals surface area contributed by atoms with E-state index in [0.717, 1.165) is 90.1 Å². The molecule has 3 N–H and O–H groups in total. The van der Waals surface area contributed by atoms with E-state index in [4.69, 9.17) is 23.2 Å². The van der Waals surface area contributed by atoms with Crippen molar-refractivity contribution < 1.29 is 22.8 Å². The Kier molecular flexibility index (Phi) is 18.2. The lowest BCUT2D eigenvalue weighted by Gasteiger charge is -2.47. The number of anilines is 2. The van der Waals surface area contributed by atoms with Gasteiger partial charge in [0, 0.05) is 40.1 Å². The summed E-state index contributed by atoms with van der Waals surface area (Å²) in [6.45, 7) is 5.38. The number of likely N-dealkylation sites (N-methyl/N-ethyl adjacent to an activating group) is 2. The highest BCUT2D eigenvalue weighted by Gasteiger charge is 2.51. The maximum absolute atomic E-state index is 15.4. The van der Waals surface area contributed by atoms with E-state index in [0.29, 0.717) is 30.6 Å². The highest BCUT2D eigenvalue weighted by molar-refractivity contribution is 7.74. The van der Waals surface area contributed by atoms with Crippen molar-refractivity contribution in [3.05, 3.63) is 129 Å². The molecule has 2 saturated carbocycles. The van der Waals surface area contributed by atoms with Crippen LogP contribution in [0.3, 0.4) is 0 Å². The molecule has 4 aromatic carbocycles. The number of thiol groups is 1. The fraction of sp³-hybridized carbons (Fsp3) is 0.500. The summed E-state index contributed by atoms with van der Waals surface area (Å²) in [7, 11) is 5.38. The van der Waals surface area contributed by atoms with Gasteiger partial charge in [0.05, 0.1) is 17.3 Å². The molecule has 3 amide bonds. The van der Waals surface area contributed by atoms with Crippen LogP contribution in [-0.2, 0) is 44.5 Å². The minimum Gasteiger partial charge on any atom is -0.353 e. The van der Waals surface area contributed by atoms with Crippen LogP contribution in [-0.4, -0.2) is 92.8 Å². The predicted molar refractivity (Wildman–Crippen MR) is 277 cm³/mol. The molecule has 2 aliphatic carbocycles. The van der Waals surface area contributed by atoms with Gasteiger partial charge in [-0.05, 0) is 165 Å². The molecular weight excluding hydrogens is 916 g/mol. The van der Waals surface area contributed by atoms with Gasteiger partial charge in [0.25, 0.3) is 0 Å². The molecule has 0 aliphatic heterocycles. The predicted octanol–water partition coefficient (Wildman–Crippen LogP) is 9.39. The zero-order valence-corrected chi connectivity index (χ0v) is 43.4. The lowest BCUT2D eigenvalue weighted by molar-refractivity contribution is -0.143. The van der Waals surface area contributed by atoms with Crippen LogP contribution in [0.5, 0.6) is 0 Å². The first kappa shape index (κ1) is 52.9. The average molecular weight is 988 g/mol. The lowest BCUT2D eigenvalue weighted by Crippen LogP contribution is -2.68. The Morgan fingerprint density at radius 2 is 1.16 bits per heavy atom. The van der Waals surface area contributed by atoms with Crippen LogP contribution >= 0.6 is 23.2 Å². The molecule has 68 heavy (non-hydrogen) atoms. The summed E-state index contributed by atoms with van der Waals surface area (Å²) in [4.78, 5) is 48.7. The highest BCUT2D eigenvalue weighted by Crippen LogP contribution is 2.40. The zero-order valence-electron chi connectivity index (χ0n) is 41.0. The molecule has 0 bridgehead atoms. The van der Waals surface area contributed by atoms with E-state index in [2.05, 4.69) is 66.1 Å². The molecule has 6 rings (SSSR count). The molecule has 2 unspecified atom stereocenters. The van der Waals surface area contributed by atoms with Crippen LogP contribution < -0.4 is 20.3 Å². The summed E-state index contributed by atoms with van der Waals surface area (Å²) in [6, 6.07) is 29.9. The van der Waals surface area contributed by atoms with Crippen LogP contribution in [0.15, 0.2) is 97.1 Å². The van der Waals surface area contributed by atoms with E-state index in [1.165, 1.54) is 11.2 Å². The van der Waals surface area contributed by atoms with Crippen LogP contribution in [0.2, 0.25) is 10.0 Å². The minimum absolute atomic E-state index is 0.116. The SMILES string of the molecule is CCCCC(NC(C)=O)(C(=O)NC1CCC(Cc2ccccc2Cl)(N(C)C)CC1)C(Cc1ccc(N(c2ccc(C)cc2)[SH](=O)=O)cc1)C(=O)NC1CCC(Cc2ccccc2Cl)(N(C)C)CC1. The second-order valence-corrected chi connectivity index (χ2v) is 21.6. The Morgan fingerprint density at radius 1 is 0.706 bits per heavy atom. The van der Waals surface area contributed by atoms with E-state index in [1.54, 1.807) is 24.3 Å². The first-order chi connectivity index (χ1) is 32.4. The minimum atomic E-state index is -3.03. The van der Waals surface area contributed by atoms with Gasteiger partial charge in [0.2, 0.25) is 28.6 Å². The summed E-state index contributed by atoms with van der Waals surface area (Å²) in [6.07, 6.45) is 9.36. The molecule has 0 aromatic heterocycles. The lowest BCUT2D eigenvalue weighted by atomic mass is 9.72. The fourth-order valence-electron chi connectivity index (χ4n) is 10.7. The number of benzene rings is 4. The number of halogens is 2. The first-order valence-electron chi connectivity index (χ1n) is 24.2. The monoisotopic (exact) mass is 986 g/mol. The van der Waals surface area contributed by atoms with Gasteiger partial charge in [-0.25, -0.2) is 12.7 Å². The number of unbranched alkanes of at least 4 members (excludes halogenated alkanes) is 1. The van der Waals surface area contributed by atoms with Crippen molar-refractivity contribution in [2.45, 2.75) is 139 Å². The molecule has 14 heteroatoms. The molecule has 11 nitrogen and oxygen atoms in total. The first-order valence-corrected chi connectivity index (χ1v) is 26.1. The van der Waals surface area contributed by atoms with Gasteiger partial charge in [0.1, 0.15) is 5.54 Å². The van der Waals surface area contributed by atoms with E-state index in [9.17, 15) is 13.2 Å². The van der Waals surface area contributed by atoms with E-state index in [1.807, 2.05) is 74.5 Å². The number of carbonyl (C=O) groups excluding carboxylic acids is 3. The summed E-state index contributed by atoms with van der Waals surface area (Å²) in [5.74, 6) is -2.08. The number of amides is 3. The maximum Gasteiger partial charge on any atom is 0.246 e. The normalized spacial score (nSPS) is 22.1. The van der Waals surface area contributed by atoms with Crippen molar-refractivity contribution in [3.63, 3.8) is 0 Å². The van der Waals surface area contributed by atoms with Crippen molar-refractivity contribution in [1.82, 2.24) is 25.8 Å². The standard InChI is InChI=1S/C54H72Cl2N6O5S/c1-8-9-30-54(59-39(3)63,51(65)58-44-28-33-53(34-29-44,61(6)7)37-42-15-11-13-17-49(42)56)47(35-40-20-24-46(25-21-40)62(68(66)67)45-22-18-38(2)19-23-45)50(64)57-43-26-31-52(32-27-43,60(4)5)36-41-14-10-12-16-48(41)55/h10-25,43-44,47,68H,8-9,26-37H2,1-7H3,(H,57,64)(H,58,65)(H,59,63). The van der Waals surface area contributed by atoms with E-state index in [-0.39, 0.29) is 47.8 Å². The molecule has 0 heterocycles. The summed E-state index contributed by atoms with van der Waals surface area (Å²) >= 11 is 13.3. The molecule has 2 fully saturated rings. The topological polar surface area (TPSA) is 131 Å². The van der Waals surface area contributed by atoms with Crippen molar-refractivity contribution in [3.8, 4) is 0 Å². The van der Waals surface area contributed by atoms with Crippen LogP contribution in [0.25, 0.3) is 0 Å². The molecule has 0 saturated heterocycles. The molecule has 368 valence electrons. The number of nitrogens with one attached hydrogen (secondary N) is 3. The average Bonchev–Trinajstić information content (AvgIpc) is 3.30. The van der Waals surface area contributed by atoms with E-state index >= 15 is 9.59 Å². The third-order valence-electron chi connectivity index (χ3n) is 15.1. The number of carbonyl (C=O) groups is 3. The van der Waals surface area contributed by atoms with Crippen LogP contribution in [0.4, 0.5) is 11.4 Å². The second-order valence-electron chi connectivity index (χ2n) is 19.9. The molecule has 2 atom stereocenters. The quantitative estimate of drug-likeness (QED) is 0.0650. The Bertz CT molecular complexity index is 2400. The smallest absolute Gasteiger partial charge is 0.246 e. The number of hydrogen-bond acceptors (Lipinski definition) is 7. The maximum atomic E-state index is 15.4. The van der Waals surface area contributed by atoms with Gasteiger partial charge in [-0.3, -0.25) is 14.4 Å². The largest absolute Gasteiger partial charge is 0.353 e. The fourth-order valence-corrected chi connectivity index (χ4v) is 11.8. The van der Waals surface area contributed by atoms with Crippen molar-refractivity contribution >= 4 is 63.2 Å². The Labute approximate surface area is 416 Å². The van der Waals surface area contributed by atoms with Gasteiger partial charge in [0.15, 0.2) is 0 Å². The van der Waals surface area contributed by atoms with Crippen LogP contribution in [0, 0.1) is 12.8 Å². The molecule has 2 aliphatic rings. The number of aryl methyl sites for hydroxylation is 1. The van der Waals surface area contributed by atoms with Gasteiger partial charge in [-0.1, -0.05) is 109 Å². The van der Waals surface area contributed by atoms with Gasteiger partial charge in [-0.2, -0.15) is 0 Å². The van der Waals surface area contributed by atoms with Gasteiger partial charge < -0.3 is 25.8 Å². The number of nitrogens with zero attached hydrogens (tertiary/aromatic N) is 3. The third-order valence-corrected chi connectivity index (χ3v) is 16.6. The van der Waals surface area contributed by atoms with Crippen molar-refractivity contribution in [1.29, 1.82) is 0 Å². The molecule has 0 spiro atoms. The number of hydrogen-bond donors (Lipinski definition) is 4. The zero-order chi connectivity index (χ0) is 49.2. The van der Waals surface area contributed by atoms with Crippen molar-refractivity contribution in [2.75, 3.05) is 32.5 Å². The Balaban J connectivity index is 1.31. The third kappa shape index (κ3) is 12.6. The highest BCUT2D eigenvalue weighted by atomic mass is 35.5. The Hall–Kier alpha value is -4.46. The number of rotatable bonds is 20.